The van der Waals surface area contributed by atoms with Crippen LogP contribution in [-0.4, -0.2) is 34.7 Å². The maximum atomic E-state index is 4.31. The third-order valence-electron chi connectivity index (χ3n) is 4.56. The maximum absolute atomic E-state index is 4.31. The van der Waals surface area contributed by atoms with E-state index in [-0.39, 0.29) is 0 Å². The lowest BCUT2D eigenvalue weighted by atomic mass is 9.90. The summed E-state index contributed by atoms with van der Waals surface area (Å²) in [7, 11) is 0. The van der Waals surface area contributed by atoms with Gasteiger partial charge in [0.05, 0.1) is 6.20 Å². The second-order valence-electron chi connectivity index (χ2n) is 7.02. The van der Waals surface area contributed by atoms with Gasteiger partial charge in [-0.15, -0.1) is 0 Å². The van der Waals surface area contributed by atoms with Crippen molar-refractivity contribution in [3.63, 3.8) is 0 Å². The van der Waals surface area contributed by atoms with E-state index in [1.165, 1.54) is 50.2 Å². The highest BCUT2D eigenvalue weighted by molar-refractivity contribution is 5.22. The second-order valence-corrected chi connectivity index (χ2v) is 7.02. The van der Waals surface area contributed by atoms with E-state index >= 15 is 0 Å². The minimum absolute atomic E-state index is 0.657. The molecule has 1 aliphatic heterocycles. The van der Waals surface area contributed by atoms with Crippen molar-refractivity contribution in [1.82, 2.24) is 15.1 Å². The van der Waals surface area contributed by atoms with E-state index in [2.05, 4.69) is 42.8 Å². The zero-order valence-corrected chi connectivity index (χ0v) is 13.7. The molecule has 2 heterocycles. The highest BCUT2D eigenvalue weighted by Crippen LogP contribution is 2.29. The van der Waals surface area contributed by atoms with Crippen molar-refractivity contribution in [2.75, 3.05) is 19.6 Å². The lowest BCUT2D eigenvalue weighted by molar-refractivity contribution is 0.180. The maximum Gasteiger partial charge on any atom is 0.0522 e. The Bertz CT molecular complexity index is 397. The number of hydrogen-bond acceptors (Lipinski definition) is 2. The first-order chi connectivity index (χ1) is 9.60. The average molecular weight is 277 g/mol. The number of piperidine rings is 1. The summed E-state index contributed by atoms with van der Waals surface area (Å²) in [4.78, 5) is 2.66. The Labute approximate surface area is 124 Å². The number of nitrogens with zero attached hydrogens (tertiary/aromatic N) is 2. The summed E-state index contributed by atoms with van der Waals surface area (Å²) in [5.41, 5.74) is 2.85. The van der Waals surface area contributed by atoms with Gasteiger partial charge in [-0.3, -0.25) is 5.10 Å². The normalized spacial score (nSPS) is 22.4. The van der Waals surface area contributed by atoms with Crippen molar-refractivity contribution in [1.29, 1.82) is 0 Å². The van der Waals surface area contributed by atoms with Crippen LogP contribution in [0.3, 0.4) is 0 Å². The molecule has 2 atom stereocenters. The molecular formula is C17H31N3. The fourth-order valence-electron chi connectivity index (χ4n) is 3.30. The highest BCUT2D eigenvalue weighted by Gasteiger charge is 2.25. The number of nitrogens with one attached hydrogen (secondary N) is 1. The van der Waals surface area contributed by atoms with Crippen LogP contribution >= 0.6 is 0 Å². The molecule has 0 unspecified atom stereocenters. The number of H-pyrrole nitrogens is 1. The van der Waals surface area contributed by atoms with Gasteiger partial charge in [-0.1, -0.05) is 34.1 Å². The molecule has 0 amide bonds. The van der Waals surface area contributed by atoms with E-state index in [0.717, 1.165) is 12.3 Å². The zero-order valence-electron chi connectivity index (χ0n) is 13.7. The Hall–Kier alpha value is -0.830. The molecule has 114 valence electrons. The molecular weight excluding hydrogens is 246 g/mol. The number of aromatic amines is 1. The van der Waals surface area contributed by atoms with Crippen LogP contribution in [0.15, 0.2) is 6.20 Å². The van der Waals surface area contributed by atoms with E-state index in [1.807, 2.05) is 6.20 Å². The van der Waals surface area contributed by atoms with Crippen LogP contribution in [0.4, 0.5) is 0 Å². The Kier molecular flexibility index (Phi) is 5.64. The summed E-state index contributed by atoms with van der Waals surface area (Å²) in [6.45, 7) is 13.0. The van der Waals surface area contributed by atoms with E-state index in [1.54, 1.807) is 0 Å². The van der Waals surface area contributed by atoms with Gasteiger partial charge in [-0.05, 0) is 43.2 Å². The van der Waals surface area contributed by atoms with Crippen molar-refractivity contribution in [3.05, 3.63) is 17.5 Å². The van der Waals surface area contributed by atoms with Gasteiger partial charge in [-0.25, -0.2) is 0 Å². The number of likely N-dealkylation sites (tertiary alicyclic amines) is 1. The van der Waals surface area contributed by atoms with Crippen molar-refractivity contribution in [2.24, 2.45) is 11.8 Å². The summed E-state index contributed by atoms with van der Waals surface area (Å²) in [5, 5.41) is 7.60. The van der Waals surface area contributed by atoms with E-state index in [9.17, 15) is 0 Å². The van der Waals surface area contributed by atoms with Crippen molar-refractivity contribution in [2.45, 2.75) is 59.3 Å². The van der Waals surface area contributed by atoms with Crippen LogP contribution in [0.5, 0.6) is 0 Å². The predicted octanol–water partition coefficient (Wildman–Crippen LogP) is 3.83. The average Bonchev–Trinajstić information content (AvgIpc) is 2.86. The minimum Gasteiger partial charge on any atom is -0.302 e. The van der Waals surface area contributed by atoms with E-state index < -0.39 is 0 Å². The molecule has 3 nitrogen and oxygen atoms in total. The molecule has 1 N–H and O–H groups in total. The van der Waals surface area contributed by atoms with Crippen LogP contribution in [0.25, 0.3) is 0 Å². The Morgan fingerprint density at radius 1 is 1.40 bits per heavy atom. The van der Waals surface area contributed by atoms with Crippen molar-refractivity contribution in [3.8, 4) is 0 Å². The smallest absolute Gasteiger partial charge is 0.0522 e. The Morgan fingerprint density at radius 2 is 2.20 bits per heavy atom. The van der Waals surface area contributed by atoms with Gasteiger partial charge >= 0.3 is 0 Å². The summed E-state index contributed by atoms with van der Waals surface area (Å²) < 4.78 is 0. The largest absolute Gasteiger partial charge is 0.302 e. The summed E-state index contributed by atoms with van der Waals surface area (Å²) in [6, 6.07) is 0. The van der Waals surface area contributed by atoms with Crippen LogP contribution in [0.2, 0.25) is 0 Å². The molecule has 1 fully saturated rings. The highest BCUT2D eigenvalue weighted by atomic mass is 15.2. The van der Waals surface area contributed by atoms with Crippen LogP contribution in [0.1, 0.15) is 64.1 Å². The molecule has 1 aromatic heterocycles. The van der Waals surface area contributed by atoms with Crippen molar-refractivity contribution < 1.29 is 0 Å². The molecule has 1 aromatic rings. The van der Waals surface area contributed by atoms with Gasteiger partial charge in [0, 0.05) is 24.7 Å². The van der Waals surface area contributed by atoms with E-state index in [4.69, 9.17) is 0 Å². The molecule has 0 radical (unpaired) electrons. The standard InChI is InChI=1S/C17H31N3/c1-5-14(4)11-20-8-6-7-15(12-20)17-16(9-13(2)3)10-18-19-17/h10,13-15H,5-9,11-12H2,1-4H3,(H,18,19)/t14-,15-/m1/s1. The van der Waals surface area contributed by atoms with Gasteiger partial charge < -0.3 is 4.90 Å². The third kappa shape index (κ3) is 4.08. The summed E-state index contributed by atoms with van der Waals surface area (Å²) in [6.07, 6.45) is 7.10. The third-order valence-corrected chi connectivity index (χ3v) is 4.56. The fraction of sp³-hybridized carbons (Fsp3) is 0.824. The first-order valence-electron chi connectivity index (χ1n) is 8.34. The van der Waals surface area contributed by atoms with Crippen LogP contribution in [0, 0.1) is 11.8 Å². The zero-order chi connectivity index (χ0) is 14.5. The van der Waals surface area contributed by atoms with Gasteiger partial charge in [0.2, 0.25) is 0 Å². The number of rotatable bonds is 6. The minimum atomic E-state index is 0.657. The summed E-state index contributed by atoms with van der Waals surface area (Å²) >= 11 is 0. The first kappa shape index (κ1) is 15.6. The molecule has 1 saturated heterocycles. The molecule has 3 heteroatoms. The number of aromatic nitrogens is 2. The molecule has 1 aliphatic rings. The summed E-state index contributed by atoms with van der Waals surface area (Å²) in [5.74, 6) is 2.17. The topological polar surface area (TPSA) is 31.9 Å². The van der Waals surface area contributed by atoms with Gasteiger partial charge in [0.1, 0.15) is 0 Å². The molecule has 0 bridgehead atoms. The molecule has 0 saturated carbocycles. The monoisotopic (exact) mass is 277 g/mol. The second kappa shape index (κ2) is 7.26. The van der Waals surface area contributed by atoms with E-state index in [0.29, 0.717) is 11.8 Å². The fourth-order valence-corrected chi connectivity index (χ4v) is 3.30. The Morgan fingerprint density at radius 3 is 2.90 bits per heavy atom. The van der Waals surface area contributed by atoms with Gasteiger partial charge in [0.15, 0.2) is 0 Å². The molecule has 0 spiro atoms. The lowest BCUT2D eigenvalue weighted by Gasteiger charge is -2.34. The van der Waals surface area contributed by atoms with Gasteiger partial charge in [-0.2, -0.15) is 5.10 Å². The quantitative estimate of drug-likeness (QED) is 0.857. The van der Waals surface area contributed by atoms with Crippen molar-refractivity contribution >= 4 is 0 Å². The SMILES string of the molecule is CC[C@@H](C)CN1CCC[C@@H](c2[nH]ncc2CC(C)C)C1. The Balaban J connectivity index is 2.00. The predicted molar refractivity (Wildman–Crippen MR) is 85.0 cm³/mol. The van der Waals surface area contributed by atoms with Crippen LogP contribution in [-0.2, 0) is 6.42 Å². The van der Waals surface area contributed by atoms with Crippen LogP contribution < -0.4 is 0 Å². The first-order valence-corrected chi connectivity index (χ1v) is 8.34. The number of hydrogen-bond donors (Lipinski definition) is 1. The molecule has 0 aromatic carbocycles. The van der Waals surface area contributed by atoms with Gasteiger partial charge in [0.25, 0.3) is 0 Å². The molecule has 20 heavy (non-hydrogen) atoms. The molecule has 2 rings (SSSR count). The molecule has 0 aliphatic carbocycles. The lowest BCUT2D eigenvalue weighted by Crippen LogP contribution is -2.37.